The number of primary amides is 1. The van der Waals surface area contributed by atoms with Gasteiger partial charge in [-0.1, -0.05) is 36.4 Å². The number of benzene rings is 2. The summed E-state index contributed by atoms with van der Waals surface area (Å²) in [7, 11) is 0. The number of H-pyrrole nitrogens is 1. The minimum absolute atomic E-state index is 0.287. The van der Waals surface area contributed by atoms with Crippen LogP contribution in [0.4, 0.5) is 0 Å². The number of fused-ring (bicyclic) bond motifs is 1. The molecule has 0 unspecified atom stereocenters. The summed E-state index contributed by atoms with van der Waals surface area (Å²) in [5.41, 5.74) is 9.19. The van der Waals surface area contributed by atoms with Crippen LogP contribution in [0.15, 0.2) is 54.6 Å². The molecule has 2 aromatic carbocycles. The molecule has 1 heterocycles. The lowest BCUT2D eigenvalue weighted by Gasteiger charge is -2.07. The predicted molar refractivity (Wildman–Crippen MR) is 91.7 cm³/mol. The van der Waals surface area contributed by atoms with Gasteiger partial charge >= 0.3 is 0 Å². The molecule has 0 bridgehead atoms. The molecular formula is C18H17N3O4. The first-order chi connectivity index (χ1) is 12.1. The number of carbonyl (C=O) groups excluding carboxylic acids is 2. The number of rotatable bonds is 7. The van der Waals surface area contributed by atoms with Crippen LogP contribution in [0.1, 0.15) is 16.1 Å². The lowest BCUT2D eigenvalue weighted by atomic mass is 10.2. The number of nitrogens with one attached hydrogen (secondary N) is 2. The summed E-state index contributed by atoms with van der Waals surface area (Å²) in [4.78, 5) is 30.3. The third-order valence-electron chi connectivity index (χ3n) is 3.49. The van der Waals surface area contributed by atoms with Gasteiger partial charge in [-0.05, 0) is 23.8 Å². The Morgan fingerprint density at radius 3 is 2.64 bits per heavy atom. The molecule has 1 aromatic heterocycles. The van der Waals surface area contributed by atoms with E-state index in [2.05, 4.69) is 10.5 Å². The molecule has 7 nitrogen and oxygen atoms in total. The SMILES string of the molecule is NC(=O)CONC(=O)c1cc2c(OCc3ccccc3)cccc2[nH]1. The Hall–Kier alpha value is -3.32. The number of carbonyl (C=O) groups is 2. The summed E-state index contributed by atoms with van der Waals surface area (Å²) in [6.07, 6.45) is 0. The van der Waals surface area contributed by atoms with Gasteiger partial charge in [-0.25, -0.2) is 5.48 Å². The molecule has 0 fully saturated rings. The van der Waals surface area contributed by atoms with E-state index in [9.17, 15) is 9.59 Å². The van der Waals surface area contributed by atoms with Gasteiger partial charge in [0.2, 0.25) is 5.91 Å². The topological polar surface area (TPSA) is 106 Å². The zero-order chi connectivity index (χ0) is 17.6. The Kier molecular flexibility index (Phi) is 4.96. The fourth-order valence-electron chi connectivity index (χ4n) is 2.34. The minimum Gasteiger partial charge on any atom is -0.488 e. The fraction of sp³-hybridized carbons (Fsp3) is 0.111. The maximum absolute atomic E-state index is 12.0. The van der Waals surface area contributed by atoms with Gasteiger partial charge in [-0.2, -0.15) is 0 Å². The van der Waals surface area contributed by atoms with E-state index < -0.39 is 18.4 Å². The first-order valence-electron chi connectivity index (χ1n) is 7.62. The molecule has 0 radical (unpaired) electrons. The molecule has 3 rings (SSSR count). The van der Waals surface area contributed by atoms with Gasteiger partial charge in [0.1, 0.15) is 18.1 Å². The summed E-state index contributed by atoms with van der Waals surface area (Å²) in [6.45, 7) is 0.0335. The second-order valence-electron chi connectivity index (χ2n) is 5.36. The van der Waals surface area contributed by atoms with Crippen LogP contribution in [0.25, 0.3) is 10.9 Å². The van der Waals surface area contributed by atoms with E-state index in [1.165, 1.54) is 0 Å². The molecule has 7 heteroatoms. The van der Waals surface area contributed by atoms with Gasteiger partial charge < -0.3 is 15.5 Å². The van der Waals surface area contributed by atoms with Crippen LogP contribution >= 0.6 is 0 Å². The number of hydroxylamine groups is 1. The molecule has 128 valence electrons. The number of aromatic nitrogens is 1. The first kappa shape index (κ1) is 16.5. The summed E-state index contributed by atoms with van der Waals surface area (Å²) in [5.74, 6) is -0.519. The maximum Gasteiger partial charge on any atom is 0.291 e. The molecule has 0 aliphatic carbocycles. The average Bonchev–Trinajstić information content (AvgIpc) is 3.05. The number of hydrogen-bond acceptors (Lipinski definition) is 4. The van der Waals surface area contributed by atoms with Gasteiger partial charge in [0, 0.05) is 10.9 Å². The van der Waals surface area contributed by atoms with Gasteiger partial charge in [0.15, 0.2) is 6.61 Å². The van der Waals surface area contributed by atoms with Crippen molar-refractivity contribution in [3.63, 3.8) is 0 Å². The zero-order valence-corrected chi connectivity index (χ0v) is 13.3. The average molecular weight is 339 g/mol. The van der Waals surface area contributed by atoms with Crippen LogP contribution in [0, 0.1) is 0 Å². The normalized spacial score (nSPS) is 10.6. The Morgan fingerprint density at radius 2 is 1.88 bits per heavy atom. The second kappa shape index (κ2) is 7.50. The molecule has 0 spiro atoms. The highest BCUT2D eigenvalue weighted by atomic mass is 16.7. The van der Waals surface area contributed by atoms with Crippen LogP contribution in [0.3, 0.4) is 0 Å². The van der Waals surface area contributed by atoms with E-state index in [4.69, 9.17) is 15.3 Å². The molecule has 4 N–H and O–H groups in total. The molecule has 0 saturated heterocycles. The quantitative estimate of drug-likeness (QED) is 0.571. The van der Waals surface area contributed by atoms with Crippen molar-refractivity contribution in [3.8, 4) is 5.75 Å². The molecule has 3 aromatic rings. The fourth-order valence-corrected chi connectivity index (χ4v) is 2.34. The van der Waals surface area contributed by atoms with Crippen molar-refractivity contribution in [1.29, 1.82) is 0 Å². The third-order valence-corrected chi connectivity index (χ3v) is 3.49. The highest BCUT2D eigenvalue weighted by Crippen LogP contribution is 2.27. The maximum atomic E-state index is 12.0. The van der Waals surface area contributed by atoms with Crippen LogP contribution in [0.5, 0.6) is 5.75 Å². The van der Waals surface area contributed by atoms with E-state index in [1.807, 2.05) is 48.5 Å². The molecule has 0 atom stereocenters. The van der Waals surface area contributed by atoms with E-state index >= 15 is 0 Å². The molecule has 2 amide bonds. The van der Waals surface area contributed by atoms with Crippen molar-refractivity contribution in [2.75, 3.05) is 6.61 Å². The minimum atomic E-state index is -0.673. The largest absolute Gasteiger partial charge is 0.488 e. The van der Waals surface area contributed by atoms with Crippen LogP contribution in [-0.4, -0.2) is 23.4 Å². The molecule has 0 aliphatic rings. The molecule has 25 heavy (non-hydrogen) atoms. The van der Waals surface area contributed by atoms with E-state index in [-0.39, 0.29) is 5.69 Å². The Morgan fingerprint density at radius 1 is 1.08 bits per heavy atom. The second-order valence-corrected chi connectivity index (χ2v) is 5.36. The van der Waals surface area contributed by atoms with Crippen molar-refractivity contribution >= 4 is 22.7 Å². The first-order valence-corrected chi connectivity index (χ1v) is 7.62. The number of ether oxygens (including phenoxy) is 1. The monoisotopic (exact) mass is 339 g/mol. The standard InChI is InChI=1S/C18H17N3O4/c19-17(22)11-25-21-18(23)15-9-13-14(20-15)7-4-8-16(13)24-10-12-5-2-1-3-6-12/h1-9,20H,10-11H2,(H2,19,22)(H,21,23). The van der Waals surface area contributed by atoms with Crippen molar-refractivity contribution < 1.29 is 19.2 Å². The number of aromatic amines is 1. The molecule has 0 saturated carbocycles. The Labute approximate surface area is 143 Å². The van der Waals surface area contributed by atoms with E-state index in [1.54, 1.807) is 6.07 Å². The summed E-state index contributed by atoms with van der Waals surface area (Å²) >= 11 is 0. The van der Waals surface area contributed by atoms with E-state index in [0.29, 0.717) is 12.4 Å². The Balaban J connectivity index is 1.73. The number of amides is 2. The van der Waals surface area contributed by atoms with Crippen LogP contribution in [-0.2, 0) is 16.2 Å². The highest BCUT2D eigenvalue weighted by Gasteiger charge is 2.13. The van der Waals surface area contributed by atoms with Crippen molar-refractivity contribution in [1.82, 2.24) is 10.5 Å². The van der Waals surface area contributed by atoms with Gasteiger partial charge in [0.25, 0.3) is 5.91 Å². The summed E-state index contributed by atoms with van der Waals surface area (Å²) in [6, 6.07) is 17.0. The van der Waals surface area contributed by atoms with Crippen molar-refractivity contribution in [3.05, 3.63) is 65.9 Å². The van der Waals surface area contributed by atoms with Crippen LogP contribution < -0.4 is 16.0 Å². The van der Waals surface area contributed by atoms with Gasteiger partial charge in [-0.3, -0.25) is 14.4 Å². The number of hydrogen-bond donors (Lipinski definition) is 3. The lowest BCUT2D eigenvalue weighted by molar-refractivity contribution is -0.124. The molecular weight excluding hydrogens is 322 g/mol. The Bertz CT molecular complexity index is 890. The smallest absolute Gasteiger partial charge is 0.291 e. The van der Waals surface area contributed by atoms with Gasteiger partial charge in [-0.15, -0.1) is 0 Å². The highest BCUT2D eigenvalue weighted by molar-refractivity contribution is 5.99. The lowest BCUT2D eigenvalue weighted by Crippen LogP contribution is -2.29. The van der Waals surface area contributed by atoms with Crippen LogP contribution in [0.2, 0.25) is 0 Å². The molecule has 0 aliphatic heterocycles. The van der Waals surface area contributed by atoms with Gasteiger partial charge in [0.05, 0.1) is 0 Å². The summed E-state index contributed by atoms with van der Waals surface area (Å²) in [5, 5.41) is 0.776. The van der Waals surface area contributed by atoms with E-state index in [0.717, 1.165) is 16.5 Å². The summed E-state index contributed by atoms with van der Waals surface area (Å²) < 4.78 is 5.87. The zero-order valence-electron chi connectivity index (χ0n) is 13.3. The van der Waals surface area contributed by atoms with Crippen molar-refractivity contribution in [2.24, 2.45) is 5.73 Å². The predicted octanol–water partition coefficient (Wildman–Crippen LogP) is 1.89. The third kappa shape index (κ3) is 4.15. The number of nitrogens with two attached hydrogens (primary N) is 1. The van der Waals surface area contributed by atoms with Crippen molar-refractivity contribution in [2.45, 2.75) is 6.61 Å².